The minimum atomic E-state index is -0.777. The predicted octanol–water partition coefficient (Wildman–Crippen LogP) is 5.69. The number of rotatable bonds is 5. The Labute approximate surface area is 185 Å². The first-order chi connectivity index (χ1) is 14.5. The van der Waals surface area contributed by atoms with Crippen LogP contribution in [0, 0.1) is 6.92 Å². The molecule has 2 amide bonds. The van der Waals surface area contributed by atoms with Gasteiger partial charge in [0.1, 0.15) is 10.8 Å². The zero-order chi connectivity index (χ0) is 21.1. The van der Waals surface area contributed by atoms with Crippen LogP contribution in [0.2, 0.25) is 0 Å². The lowest BCUT2D eigenvalue weighted by molar-refractivity contribution is -0.116. The van der Waals surface area contributed by atoms with Crippen LogP contribution in [0.5, 0.6) is 0 Å². The molecule has 4 rings (SSSR count). The lowest BCUT2D eigenvalue weighted by Gasteiger charge is -2.25. The zero-order valence-corrected chi connectivity index (χ0v) is 18.0. The van der Waals surface area contributed by atoms with Crippen molar-refractivity contribution in [2.24, 2.45) is 0 Å². The maximum atomic E-state index is 12.6. The molecular formula is C24H21ClN2O2S. The average molecular weight is 437 g/mol. The van der Waals surface area contributed by atoms with E-state index in [1.54, 1.807) is 11.8 Å². The van der Waals surface area contributed by atoms with E-state index in [9.17, 15) is 9.59 Å². The third-order valence-corrected chi connectivity index (χ3v) is 6.60. The van der Waals surface area contributed by atoms with Crippen LogP contribution in [0.15, 0.2) is 78.9 Å². The van der Waals surface area contributed by atoms with Crippen LogP contribution in [-0.2, 0) is 9.59 Å². The fraction of sp³-hybridized carbons (Fsp3) is 0.167. The molecule has 0 aromatic heterocycles. The highest BCUT2D eigenvalue weighted by atomic mass is 35.5. The van der Waals surface area contributed by atoms with E-state index < -0.39 is 5.38 Å². The Kier molecular flexibility index (Phi) is 6.11. The summed E-state index contributed by atoms with van der Waals surface area (Å²) in [5, 5.41) is 1.98. The van der Waals surface area contributed by atoms with Gasteiger partial charge >= 0.3 is 0 Å². The van der Waals surface area contributed by atoms with Gasteiger partial charge < -0.3 is 5.32 Å². The lowest BCUT2D eigenvalue weighted by Crippen LogP contribution is -2.27. The maximum Gasteiger partial charge on any atom is 0.246 e. The normalized spacial score (nSPS) is 17.1. The zero-order valence-electron chi connectivity index (χ0n) is 16.4. The molecular weight excluding hydrogens is 416 g/mol. The van der Waals surface area contributed by atoms with E-state index in [1.165, 1.54) is 0 Å². The number of anilines is 2. The van der Waals surface area contributed by atoms with Crippen molar-refractivity contribution in [1.82, 2.24) is 0 Å². The number of benzene rings is 3. The van der Waals surface area contributed by atoms with E-state index in [4.69, 9.17) is 11.6 Å². The molecule has 1 fully saturated rings. The summed E-state index contributed by atoms with van der Waals surface area (Å²) in [5.74, 6) is 0.214. The molecule has 3 aromatic rings. The van der Waals surface area contributed by atoms with Gasteiger partial charge in [-0.1, -0.05) is 60.2 Å². The Morgan fingerprint density at radius 2 is 1.80 bits per heavy atom. The highest BCUT2D eigenvalue weighted by Crippen LogP contribution is 2.42. The van der Waals surface area contributed by atoms with Crippen LogP contribution in [0.1, 0.15) is 27.4 Å². The highest BCUT2D eigenvalue weighted by Gasteiger charge is 2.34. The molecule has 3 aromatic carbocycles. The van der Waals surface area contributed by atoms with Crippen LogP contribution >= 0.6 is 23.4 Å². The Hall–Kier alpha value is -2.76. The summed E-state index contributed by atoms with van der Waals surface area (Å²) in [7, 11) is 0. The molecule has 2 atom stereocenters. The van der Waals surface area contributed by atoms with Crippen LogP contribution in [0.25, 0.3) is 0 Å². The van der Waals surface area contributed by atoms with E-state index >= 15 is 0 Å². The van der Waals surface area contributed by atoms with Gasteiger partial charge in [-0.05, 0) is 42.3 Å². The smallest absolute Gasteiger partial charge is 0.246 e. The Morgan fingerprint density at radius 3 is 2.53 bits per heavy atom. The summed E-state index contributed by atoms with van der Waals surface area (Å²) in [6, 6.07) is 24.8. The largest absolute Gasteiger partial charge is 0.324 e. The summed E-state index contributed by atoms with van der Waals surface area (Å²) < 4.78 is 0. The SMILES string of the molecule is Cc1ccc(N2C(=O)CS[C@H]2c2cccc(NC(=O)[C@@H](Cl)c3ccccc3)c2)cc1. The standard InChI is InChI=1S/C24H21ClN2O2S/c1-16-10-12-20(13-11-16)27-21(28)15-30-24(27)18-8-5-9-19(14-18)26-23(29)22(25)17-6-3-2-4-7-17/h2-14,22,24H,15H2,1H3,(H,26,29)/t22-,24-/m0/s1. The molecule has 4 nitrogen and oxygen atoms in total. The Bertz CT molecular complexity index is 1060. The molecule has 0 saturated carbocycles. The minimum Gasteiger partial charge on any atom is -0.324 e. The van der Waals surface area contributed by atoms with Crippen LogP contribution in [-0.4, -0.2) is 17.6 Å². The molecule has 1 aliphatic rings. The van der Waals surface area contributed by atoms with E-state index in [2.05, 4.69) is 5.32 Å². The molecule has 0 spiro atoms. The van der Waals surface area contributed by atoms with E-state index in [-0.39, 0.29) is 17.2 Å². The Morgan fingerprint density at radius 1 is 1.07 bits per heavy atom. The van der Waals surface area contributed by atoms with Crippen molar-refractivity contribution >= 4 is 46.6 Å². The first kappa shape index (κ1) is 20.5. The number of halogens is 1. The van der Waals surface area contributed by atoms with Crippen LogP contribution in [0.3, 0.4) is 0 Å². The number of carbonyl (C=O) groups is 2. The van der Waals surface area contributed by atoms with Crippen LogP contribution in [0.4, 0.5) is 11.4 Å². The molecule has 0 radical (unpaired) electrons. The van der Waals surface area contributed by atoms with E-state index in [1.807, 2.05) is 90.7 Å². The summed E-state index contributed by atoms with van der Waals surface area (Å²) in [6.45, 7) is 2.02. The maximum absolute atomic E-state index is 12.6. The topological polar surface area (TPSA) is 49.4 Å². The molecule has 152 valence electrons. The van der Waals surface area contributed by atoms with Gasteiger partial charge in [-0.3, -0.25) is 14.5 Å². The molecule has 0 bridgehead atoms. The number of thioether (sulfide) groups is 1. The van der Waals surface area contributed by atoms with Crippen molar-refractivity contribution in [1.29, 1.82) is 0 Å². The molecule has 1 aliphatic heterocycles. The number of alkyl halides is 1. The van der Waals surface area contributed by atoms with E-state index in [0.717, 1.165) is 22.4 Å². The number of hydrogen-bond acceptors (Lipinski definition) is 3. The third-order valence-electron chi connectivity index (χ3n) is 4.94. The van der Waals surface area contributed by atoms with Gasteiger partial charge in [0.25, 0.3) is 0 Å². The molecule has 0 unspecified atom stereocenters. The van der Waals surface area contributed by atoms with Crippen LogP contribution < -0.4 is 10.2 Å². The van der Waals surface area contributed by atoms with Crippen molar-refractivity contribution in [2.75, 3.05) is 16.0 Å². The molecule has 6 heteroatoms. The summed E-state index contributed by atoms with van der Waals surface area (Å²) in [4.78, 5) is 27.0. The predicted molar refractivity (Wildman–Crippen MR) is 124 cm³/mol. The van der Waals surface area contributed by atoms with E-state index in [0.29, 0.717) is 11.4 Å². The molecule has 1 heterocycles. The third kappa shape index (κ3) is 4.37. The van der Waals surface area contributed by atoms with Gasteiger partial charge in [0.15, 0.2) is 0 Å². The number of hydrogen-bond donors (Lipinski definition) is 1. The van der Waals surface area contributed by atoms with Gasteiger partial charge in [-0.2, -0.15) is 0 Å². The number of carbonyl (C=O) groups excluding carboxylic acids is 2. The summed E-state index contributed by atoms with van der Waals surface area (Å²) in [6.07, 6.45) is 0. The highest BCUT2D eigenvalue weighted by molar-refractivity contribution is 8.00. The van der Waals surface area contributed by atoms with Crippen molar-refractivity contribution in [3.8, 4) is 0 Å². The number of nitrogens with one attached hydrogen (secondary N) is 1. The first-order valence-electron chi connectivity index (χ1n) is 9.63. The number of amides is 2. The second kappa shape index (κ2) is 8.94. The summed E-state index contributed by atoms with van der Waals surface area (Å²) >= 11 is 7.92. The number of aryl methyl sites for hydroxylation is 1. The van der Waals surface area contributed by atoms with Gasteiger partial charge in [0.05, 0.1) is 5.75 Å². The van der Waals surface area contributed by atoms with Gasteiger partial charge in [0, 0.05) is 11.4 Å². The van der Waals surface area contributed by atoms with Gasteiger partial charge in [-0.25, -0.2) is 0 Å². The molecule has 1 N–H and O–H groups in total. The fourth-order valence-corrected chi connectivity index (χ4v) is 4.77. The Balaban J connectivity index is 1.54. The second-order valence-corrected chi connectivity index (χ2v) is 8.66. The van der Waals surface area contributed by atoms with Crippen molar-refractivity contribution in [2.45, 2.75) is 17.7 Å². The van der Waals surface area contributed by atoms with Gasteiger partial charge in [0.2, 0.25) is 11.8 Å². The number of nitrogens with zero attached hydrogens (tertiary/aromatic N) is 1. The molecule has 1 saturated heterocycles. The van der Waals surface area contributed by atoms with Crippen molar-refractivity contribution < 1.29 is 9.59 Å². The van der Waals surface area contributed by atoms with Gasteiger partial charge in [-0.15, -0.1) is 23.4 Å². The lowest BCUT2D eigenvalue weighted by atomic mass is 10.1. The van der Waals surface area contributed by atoms with Crippen molar-refractivity contribution in [3.05, 3.63) is 95.6 Å². The molecule has 0 aliphatic carbocycles. The summed E-state index contributed by atoms with van der Waals surface area (Å²) in [5.41, 5.74) is 4.38. The van der Waals surface area contributed by atoms with Crippen molar-refractivity contribution in [3.63, 3.8) is 0 Å². The first-order valence-corrected chi connectivity index (χ1v) is 11.1. The average Bonchev–Trinajstić information content (AvgIpc) is 3.16. The minimum absolute atomic E-state index is 0.0770. The fourth-order valence-electron chi connectivity index (χ4n) is 3.40. The quantitative estimate of drug-likeness (QED) is 0.522. The second-order valence-electron chi connectivity index (χ2n) is 7.15. The molecule has 30 heavy (non-hydrogen) atoms. The monoisotopic (exact) mass is 436 g/mol.